The average Bonchev–Trinajstić information content (AvgIpc) is 2.28. The first-order valence-electron chi connectivity index (χ1n) is 5.56. The molecule has 1 aromatic heterocycles. The van der Waals surface area contributed by atoms with E-state index in [-0.39, 0.29) is 11.8 Å². The molecule has 0 aliphatic carbocycles. The maximum absolute atomic E-state index is 11.9. The monoisotopic (exact) mass is 238 g/mol. The number of carbonyl (C=O) groups excluding carboxylic acids is 1. The summed E-state index contributed by atoms with van der Waals surface area (Å²) in [6, 6.07) is 3.76. The second kappa shape index (κ2) is 4.83. The van der Waals surface area contributed by atoms with Gasteiger partial charge in [-0.15, -0.1) is 0 Å². The number of halogens is 1. The van der Waals surface area contributed by atoms with Crippen LogP contribution in [-0.4, -0.2) is 22.3 Å². The van der Waals surface area contributed by atoms with Gasteiger partial charge in [0.05, 0.1) is 0 Å². The van der Waals surface area contributed by atoms with E-state index in [1.807, 2.05) is 24.0 Å². The summed E-state index contributed by atoms with van der Waals surface area (Å²) in [5, 5.41) is 0.494. The fourth-order valence-electron chi connectivity index (χ4n) is 2.03. The molecule has 1 aliphatic rings. The molecule has 2 rings (SSSR count). The largest absolute Gasteiger partial charge is 0.338 e. The predicted molar refractivity (Wildman–Crippen MR) is 63.1 cm³/mol. The fraction of sp³-hybridized carbons (Fsp3) is 0.500. The molecule has 1 aromatic rings. The van der Waals surface area contributed by atoms with Crippen LogP contribution in [0.25, 0.3) is 0 Å². The summed E-state index contributed by atoms with van der Waals surface area (Å²) in [4.78, 5) is 17.8. The van der Waals surface area contributed by atoms with Crippen LogP contribution in [0.3, 0.4) is 0 Å². The van der Waals surface area contributed by atoms with Gasteiger partial charge in [0.25, 0.3) is 0 Å². The molecule has 2 heterocycles. The van der Waals surface area contributed by atoms with Gasteiger partial charge >= 0.3 is 0 Å². The normalized spacial score (nSPS) is 21.2. The zero-order valence-corrected chi connectivity index (χ0v) is 10.1. The van der Waals surface area contributed by atoms with E-state index in [0.717, 1.165) is 24.9 Å². The zero-order valence-electron chi connectivity index (χ0n) is 9.32. The second-order valence-electron chi connectivity index (χ2n) is 4.26. The molecular formula is C12H15ClN2O. The van der Waals surface area contributed by atoms with Crippen molar-refractivity contribution in [1.82, 2.24) is 9.88 Å². The van der Waals surface area contributed by atoms with Gasteiger partial charge in [-0.3, -0.25) is 4.79 Å². The van der Waals surface area contributed by atoms with Crippen LogP contribution in [0, 0.1) is 5.92 Å². The van der Waals surface area contributed by atoms with Gasteiger partial charge in [-0.1, -0.05) is 24.6 Å². The molecule has 0 N–H and O–H groups in total. The number of likely N-dealkylation sites (tertiary alicyclic amines) is 1. The molecule has 0 radical (unpaired) electrons. The number of carbonyl (C=O) groups is 1. The summed E-state index contributed by atoms with van der Waals surface area (Å²) in [7, 11) is 0. The molecule has 1 atom stereocenters. The summed E-state index contributed by atoms with van der Waals surface area (Å²) in [5.74, 6) is 0.371. The van der Waals surface area contributed by atoms with Crippen molar-refractivity contribution in [2.45, 2.75) is 26.3 Å². The van der Waals surface area contributed by atoms with Crippen molar-refractivity contribution in [2.75, 3.05) is 6.54 Å². The SMILES string of the molecule is CC1CCCN(Cc2cccnc2Cl)C1=O. The molecule has 0 spiro atoms. The molecule has 3 nitrogen and oxygen atoms in total. The predicted octanol–water partition coefficient (Wildman–Crippen LogP) is 2.49. The van der Waals surface area contributed by atoms with E-state index in [0.29, 0.717) is 11.7 Å². The van der Waals surface area contributed by atoms with Crippen LogP contribution in [0.4, 0.5) is 0 Å². The van der Waals surface area contributed by atoms with E-state index < -0.39 is 0 Å². The van der Waals surface area contributed by atoms with Gasteiger partial charge in [-0.05, 0) is 18.9 Å². The molecule has 1 unspecified atom stereocenters. The Morgan fingerprint density at radius 2 is 2.44 bits per heavy atom. The Morgan fingerprint density at radius 1 is 1.62 bits per heavy atom. The van der Waals surface area contributed by atoms with Crippen molar-refractivity contribution >= 4 is 17.5 Å². The Morgan fingerprint density at radius 3 is 3.19 bits per heavy atom. The van der Waals surface area contributed by atoms with Crippen molar-refractivity contribution in [3.8, 4) is 0 Å². The summed E-state index contributed by atoms with van der Waals surface area (Å²) < 4.78 is 0. The number of aromatic nitrogens is 1. The summed E-state index contributed by atoms with van der Waals surface area (Å²) in [5.41, 5.74) is 0.923. The third-order valence-electron chi connectivity index (χ3n) is 3.00. The third-order valence-corrected chi connectivity index (χ3v) is 3.34. The van der Waals surface area contributed by atoms with Crippen LogP contribution in [0.1, 0.15) is 25.3 Å². The van der Waals surface area contributed by atoms with E-state index >= 15 is 0 Å². The fourth-order valence-corrected chi connectivity index (χ4v) is 2.21. The highest BCUT2D eigenvalue weighted by atomic mass is 35.5. The van der Waals surface area contributed by atoms with E-state index in [1.54, 1.807) is 6.20 Å². The van der Waals surface area contributed by atoms with E-state index in [4.69, 9.17) is 11.6 Å². The molecule has 16 heavy (non-hydrogen) atoms. The van der Waals surface area contributed by atoms with E-state index in [1.165, 1.54) is 0 Å². The van der Waals surface area contributed by atoms with Gasteiger partial charge < -0.3 is 4.90 Å². The number of piperidine rings is 1. The van der Waals surface area contributed by atoms with Gasteiger partial charge in [-0.25, -0.2) is 4.98 Å². The highest BCUT2D eigenvalue weighted by Gasteiger charge is 2.25. The van der Waals surface area contributed by atoms with Crippen LogP contribution in [0.15, 0.2) is 18.3 Å². The smallest absolute Gasteiger partial charge is 0.225 e. The minimum absolute atomic E-state index is 0.143. The van der Waals surface area contributed by atoms with Crippen molar-refractivity contribution < 1.29 is 4.79 Å². The molecule has 1 saturated heterocycles. The lowest BCUT2D eigenvalue weighted by atomic mass is 9.99. The highest BCUT2D eigenvalue weighted by molar-refractivity contribution is 6.30. The van der Waals surface area contributed by atoms with Crippen LogP contribution in [-0.2, 0) is 11.3 Å². The van der Waals surface area contributed by atoms with Gasteiger partial charge in [-0.2, -0.15) is 0 Å². The van der Waals surface area contributed by atoms with Crippen molar-refractivity contribution in [3.63, 3.8) is 0 Å². The topological polar surface area (TPSA) is 33.2 Å². The quantitative estimate of drug-likeness (QED) is 0.742. The summed E-state index contributed by atoms with van der Waals surface area (Å²) in [6.45, 7) is 3.39. The molecule has 86 valence electrons. The van der Waals surface area contributed by atoms with E-state index in [9.17, 15) is 4.79 Å². The molecule has 1 amide bonds. The summed E-state index contributed by atoms with van der Waals surface area (Å²) in [6.07, 6.45) is 3.73. The maximum atomic E-state index is 11.9. The van der Waals surface area contributed by atoms with Gasteiger partial charge in [0.15, 0.2) is 0 Å². The molecule has 1 aliphatic heterocycles. The first kappa shape index (κ1) is 11.4. The minimum Gasteiger partial charge on any atom is -0.338 e. The van der Waals surface area contributed by atoms with Crippen LogP contribution < -0.4 is 0 Å². The highest BCUT2D eigenvalue weighted by Crippen LogP contribution is 2.21. The third kappa shape index (κ3) is 2.35. The van der Waals surface area contributed by atoms with E-state index in [2.05, 4.69) is 4.98 Å². The standard InChI is InChI=1S/C12H15ClN2O/c1-9-4-3-7-15(12(9)16)8-10-5-2-6-14-11(10)13/h2,5-6,9H,3-4,7-8H2,1H3. The number of hydrogen-bond donors (Lipinski definition) is 0. The summed E-state index contributed by atoms with van der Waals surface area (Å²) >= 11 is 5.98. The van der Waals surface area contributed by atoms with Crippen LogP contribution in [0.5, 0.6) is 0 Å². The lowest BCUT2D eigenvalue weighted by Gasteiger charge is -2.30. The molecule has 1 fully saturated rings. The number of rotatable bonds is 2. The molecule has 0 bridgehead atoms. The molecule has 0 aromatic carbocycles. The van der Waals surface area contributed by atoms with Crippen LogP contribution >= 0.6 is 11.6 Å². The Bertz CT molecular complexity index is 394. The number of hydrogen-bond acceptors (Lipinski definition) is 2. The van der Waals surface area contributed by atoms with Gasteiger partial charge in [0.1, 0.15) is 5.15 Å². The van der Waals surface area contributed by atoms with Gasteiger partial charge in [0, 0.05) is 30.8 Å². The average molecular weight is 239 g/mol. The van der Waals surface area contributed by atoms with Gasteiger partial charge in [0.2, 0.25) is 5.91 Å². The van der Waals surface area contributed by atoms with Crippen LogP contribution in [0.2, 0.25) is 5.15 Å². The Kier molecular flexibility index (Phi) is 3.44. The molecule has 0 saturated carbocycles. The maximum Gasteiger partial charge on any atom is 0.225 e. The van der Waals surface area contributed by atoms with Crippen molar-refractivity contribution in [1.29, 1.82) is 0 Å². The first-order valence-corrected chi connectivity index (χ1v) is 5.94. The Labute approximate surface area is 100 Å². The number of pyridine rings is 1. The molecule has 4 heteroatoms. The lowest BCUT2D eigenvalue weighted by molar-refractivity contribution is -0.138. The second-order valence-corrected chi connectivity index (χ2v) is 4.61. The van der Waals surface area contributed by atoms with Crippen molar-refractivity contribution in [2.24, 2.45) is 5.92 Å². The lowest BCUT2D eigenvalue weighted by Crippen LogP contribution is -2.39. The first-order chi connectivity index (χ1) is 7.68. The zero-order chi connectivity index (χ0) is 11.5. The number of nitrogens with zero attached hydrogens (tertiary/aromatic N) is 2. The minimum atomic E-state index is 0.143. The number of amides is 1. The van der Waals surface area contributed by atoms with Crippen molar-refractivity contribution in [3.05, 3.63) is 29.0 Å². The molecular weight excluding hydrogens is 224 g/mol. The Hall–Kier alpha value is -1.09. The Balaban J connectivity index is 2.10.